The van der Waals surface area contributed by atoms with E-state index in [1.54, 1.807) is 0 Å². The number of rotatable bonds is 2. The fraction of sp³-hybridized carbons (Fsp3) is 0.762. The first-order valence-corrected chi connectivity index (χ1v) is 10.9. The van der Waals surface area contributed by atoms with Crippen molar-refractivity contribution in [2.24, 2.45) is 12.5 Å². The van der Waals surface area contributed by atoms with Crippen LogP contribution in [0.2, 0.25) is 0 Å². The molecule has 8 heteroatoms. The number of hydrogen-bond acceptors (Lipinski definition) is 7. The van der Waals surface area contributed by atoms with Gasteiger partial charge in [0.1, 0.15) is 11.6 Å². The van der Waals surface area contributed by atoms with Gasteiger partial charge in [-0.05, 0) is 44.4 Å². The highest BCUT2D eigenvalue weighted by molar-refractivity contribution is 5.87. The molecule has 3 aliphatic rings. The summed E-state index contributed by atoms with van der Waals surface area (Å²) in [6, 6.07) is 0.563. The summed E-state index contributed by atoms with van der Waals surface area (Å²) in [5, 5.41) is 16.1. The van der Waals surface area contributed by atoms with Crippen LogP contribution in [-0.2, 0) is 11.8 Å². The van der Waals surface area contributed by atoms with Crippen molar-refractivity contribution in [3.63, 3.8) is 0 Å². The van der Waals surface area contributed by atoms with Crippen LogP contribution in [0.3, 0.4) is 0 Å². The number of aromatic nitrogens is 4. The molecule has 0 aromatic carbocycles. The highest BCUT2D eigenvalue weighted by atomic mass is 16.5. The summed E-state index contributed by atoms with van der Waals surface area (Å²) in [6.45, 7) is 7.51. The Morgan fingerprint density at radius 1 is 1.17 bits per heavy atom. The summed E-state index contributed by atoms with van der Waals surface area (Å²) in [4.78, 5) is 14.3. The van der Waals surface area contributed by atoms with E-state index in [0.717, 1.165) is 94.2 Å². The third-order valence-corrected chi connectivity index (χ3v) is 7.17. The van der Waals surface area contributed by atoms with Crippen LogP contribution in [-0.4, -0.2) is 81.3 Å². The maximum atomic E-state index is 10.7. The first kappa shape index (κ1) is 19.2. The lowest BCUT2D eigenvalue weighted by atomic mass is 9.71. The molecule has 158 valence electrons. The molecular formula is C21H32N6O2. The van der Waals surface area contributed by atoms with Gasteiger partial charge in [-0.25, -0.2) is 9.97 Å². The Morgan fingerprint density at radius 3 is 2.69 bits per heavy atom. The van der Waals surface area contributed by atoms with Gasteiger partial charge in [0.05, 0.1) is 17.7 Å². The molecule has 2 aromatic rings. The van der Waals surface area contributed by atoms with Crippen molar-refractivity contribution in [2.75, 3.05) is 44.3 Å². The first-order chi connectivity index (χ1) is 14.0. The third-order valence-electron chi connectivity index (χ3n) is 7.17. The number of β-amino-alcohol motifs (C(OH)–C–C–N with tert-alkyl or cyclic N) is 1. The Labute approximate surface area is 171 Å². The zero-order chi connectivity index (χ0) is 20.0. The van der Waals surface area contributed by atoms with E-state index in [-0.39, 0.29) is 11.5 Å². The Hall–Kier alpha value is -1.77. The Kier molecular flexibility index (Phi) is 4.96. The molecule has 29 heavy (non-hydrogen) atoms. The van der Waals surface area contributed by atoms with E-state index in [4.69, 9.17) is 9.72 Å². The molecular weight excluding hydrogens is 368 g/mol. The van der Waals surface area contributed by atoms with E-state index >= 15 is 0 Å². The topological polar surface area (TPSA) is 79.5 Å². The van der Waals surface area contributed by atoms with E-state index in [9.17, 15) is 5.11 Å². The zero-order valence-electron chi connectivity index (χ0n) is 17.5. The minimum atomic E-state index is -0.218. The Bertz CT molecular complexity index is 869. The summed E-state index contributed by atoms with van der Waals surface area (Å²) < 4.78 is 7.37. The highest BCUT2D eigenvalue weighted by Crippen LogP contribution is 2.42. The second-order valence-electron chi connectivity index (χ2n) is 9.22. The van der Waals surface area contributed by atoms with Crippen LogP contribution in [0.5, 0.6) is 0 Å². The number of anilines is 1. The number of likely N-dealkylation sites (tertiary alicyclic amines) is 1. The van der Waals surface area contributed by atoms with Crippen LogP contribution < -0.4 is 4.90 Å². The second kappa shape index (κ2) is 7.49. The number of nitrogens with zero attached hydrogens (tertiary/aromatic N) is 6. The molecule has 3 aliphatic heterocycles. The average molecular weight is 401 g/mol. The molecule has 0 radical (unpaired) electrons. The fourth-order valence-corrected chi connectivity index (χ4v) is 5.63. The standard InChI is InChI=1S/C21H32N6O2/c1-15-23-19-18(12-22-25(19)2)20(24-15)26-7-5-21(6-8-26)11-17(28)13-27(14-21)16-3-9-29-10-4-16/h12,16-17,28H,3-11,13-14H2,1-2H3. The summed E-state index contributed by atoms with van der Waals surface area (Å²) in [5.74, 6) is 1.79. The molecule has 3 saturated heterocycles. The predicted molar refractivity (Wildman–Crippen MR) is 111 cm³/mol. The minimum Gasteiger partial charge on any atom is -0.392 e. The molecule has 5 rings (SSSR count). The van der Waals surface area contributed by atoms with E-state index in [1.165, 1.54) is 0 Å². The zero-order valence-corrected chi connectivity index (χ0v) is 17.5. The molecule has 1 atom stereocenters. The van der Waals surface area contributed by atoms with E-state index in [0.29, 0.717) is 6.04 Å². The van der Waals surface area contributed by atoms with Gasteiger partial charge in [0.15, 0.2) is 5.65 Å². The lowest BCUT2D eigenvalue weighted by molar-refractivity contribution is -0.0602. The number of aliphatic hydroxyl groups excluding tert-OH is 1. The molecule has 2 aromatic heterocycles. The Balaban J connectivity index is 1.33. The average Bonchev–Trinajstić information content (AvgIpc) is 3.09. The first-order valence-electron chi connectivity index (χ1n) is 10.9. The van der Waals surface area contributed by atoms with Crippen molar-refractivity contribution in [3.8, 4) is 0 Å². The van der Waals surface area contributed by atoms with Crippen molar-refractivity contribution >= 4 is 16.9 Å². The van der Waals surface area contributed by atoms with Crippen LogP contribution in [0.1, 0.15) is 37.9 Å². The number of aryl methyl sites for hydroxylation is 2. The van der Waals surface area contributed by atoms with Gasteiger partial charge in [-0.15, -0.1) is 0 Å². The fourth-order valence-electron chi connectivity index (χ4n) is 5.63. The van der Waals surface area contributed by atoms with Gasteiger partial charge in [0, 0.05) is 52.5 Å². The van der Waals surface area contributed by atoms with Gasteiger partial charge in [0.2, 0.25) is 0 Å². The number of piperidine rings is 2. The van der Waals surface area contributed by atoms with Crippen LogP contribution in [0.25, 0.3) is 11.0 Å². The van der Waals surface area contributed by atoms with E-state index < -0.39 is 0 Å². The molecule has 1 spiro atoms. The summed E-state index contributed by atoms with van der Waals surface area (Å²) >= 11 is 0. The van der Waals surface area contributed by atoms with Crippen molar-refractivity contribution in [2.45, 2.75) is 51.2 Å². The molecule has 0 bridgehead atoms. The van der Waals surface area contributed by atoms with Crippen molar-refractivity contribution in [3.05, 3.63) is 12.0 Å². The van der Waals surface area contributed by atoms with E-state index in [2.05, 4.69) is 19.9 Å². The summed E-state index contributed by atoms with van der Waals surface area (Å²) in [7, 11) is 1.93. The SMILES string of the molecule is Cc1nc(N2CCC3(CC2)CC(O)CN(C2CCOCC2)C3)c2cnn(C)c2n1. The molecule has 5 heterocycles. The van der Waals surface area contributed by atoms with Gasteiger partial charge in [-0.2, -0.15) is 5.10 Å². The third kappa shape index (κ3) is 3.62. The summed E-state index contributed by atoms with van der Waals surface area (Å²) in [5.41, 5.74) is 1.11. The maximum Gasteiger partial charge on any atom is 0.163 e. The van der Waals surface area contributed by atoms with Crippen LogP contribution in [0.15, 0.2) is 6.20 Å². The van der Waals surface area contributed by atoms with Crippen molar-refractivity contribution in [1.29, 1.82) is 0 Å². The quantitative estimate of drug-likeness (QED) is 0.818. The van der Waals surface area contributed by atoms with Gasteiger partial charge >= 0.3 is 0 Å². The molecule has 8 nitrogen and oxygen atoms in total. The molecule has 1 N–H and O–H groups in total. The van der Waals surface area contributed by atoms with Crippen molar-refractivity contribution < 1.29 is 9.84 Å². The lowest BCUT2D eigenvalue weighted by Crippen LogP contribution is -2.57. The number of ether oxygens (including phenoxy) is 1. The van der Waals surface area contributed by atoms with Gasteiger partial charge in [0.25, 0.3) is 0 Å². The predicted octanol–water partition coefficient (Wildman–Crippen LogP) is 1.50. The van der Waals surface area contributed by atoms with Gasteiger partial charge in [-0.3, -0.25) is 9.58 Å². The summed E-state index contributed by atoms with van der Waals surface area (Å²) in [6.07, 6.45) is 6.95. The molecule has 1 unspecified atom stereocenters. The molecule has 0 saturated carbocycles. The number of fused-ring (bicyclic) bond motifs is 1. The highest BCUT2D eigenvalue weighted by Gasteiger charge is 2.43. The second-order valence-corrected chi connectivity index (χ2v) is 9.22. The monoisotopic (exact) mass is 400 g/mol. The number of aliphatic hydroxyl groups is 1. The molecule has 0 amide bonds. The van der Waals surface area contributed by atoms with Gasteiger partial charge < -0.3 is 14.7 Å². The van der Waals surface area contributed by atoms with Gasteiger partial charge in [-0.1, -0.05) is 0 Å². The minimum absolute atomic E-state index is 0.211. The largest absolute Gasteiger partial charge is 0.392 e. The number of hydrogen-bond donors (Lipinski definition) is 1. The smallest absolute Gasteiger partial charge is 0.163 e. The maximum absolute atomic E-state index is 10.7. The lowest BCUT2D eigenvalue weighted by Gasteiger charge is -2.51. The normalized spacial score (nSPS) is 26.4. The van der Waals surface area contributed by atoms with E-state index in [1.807, 2.05) is 24.9 Å². The molecule has 0 aliphatic carbocycles. The van der Waals surface area contributed by atoms with Crippen LogP contribution >= 0.6 is 0 Å². The Morgan fingerprint density at radius 2 is 1.93 bits per heavy atom. The van der Waals surface area contributed by atoms with Crippen LogP contribution in [0.4, 0.5) is 5.82 Å². The van der Waals surface area contributed by atoms with Crippen molar-refractivity contribution in [1.82, 2.24) is 24.6 Å². The molecule has 3 fully saturated rings. The van der Waals surface area contributed by atoms with Crippen LogP contribution in [0, 0.1) is 12.3 Å².